The molecule has 3 aromatic rings. The molecule has 0 saturated heterocycles. The van der Waals surface area contributed by atoms with Crippen molar-refractivity contribution in [1.82, 2.24) is 5.32 Å². The maximum atomic E-state index is 13.1. The Morgan fingerprint density at radius 2 is 1.62 bits per heavy atom. The summed E-state index contributed by atoms with van der Waals surface area (Å²) >= 11 is 0. The van der Waals surface area contributed by atoms with Gasteiger partial charge in [-0.1, -0.05) is 55.5 Å². The highest BCUT2D eigenvalue weighted by Crippen LogP contribution is 2.32. The summed E-state index contributed by atoms with van der Waals surface area (Å²) < 4.78 is 64.8. The standard InChI is InChI=1S/C25H25F3N2O3S/c1-18(20-7-4-3-5-8-20)16-29-24(31)21-13-11-19(12-14-21)17-30(34(2,32)33)23-10-6-9-22(15-23)25(26,27)28/h3-15,18H,16-17H2,1-2H3,(H,29,31)/t18-/m0/s1. The Hall–Kier alpha value is -3.33. The fraction of sp³-hybridized carbons (Fsp3) is 0.240. The van der Waals surface area contributed by atoms with Crippen LogP contribution in [-0.2, 0) is 22.7 Å². The molecule has 0 bridgehead atoms. The van der Waals surface area contributed by atoms with Gasteiger partial charge in [-0.25, -0.2) is 8.42 Å². The van der Waals surface area contributed by atoms with Crippen LogP contribution in [-0.4, -0.2) is 27.1 Å². The van der Waals surface area contributed by atoms with Gasteiger partial charge in [-0.2, -0.15) is 13.2 Å². The zero-order valence-electron chi connectivity index (χ0n) is 18.7. The van der Waals surface area contributed by atoms with E-state index in [0.29, 0.717) is 17.7 Å². The summed E-state index contributed by atoms with van der Waals surface area (Å²) in [6.45, 7) is 2.28. The Balaban J connectivity index is 1.71. The van der Waals surface area contributed by atoms with Gasteiger partial charge in [-0.15, -0.1) is 0 Å². The number of halogens is 3. The Bertz CT molecular complexity index is 1230. The number of nitrogens with zero attached hydrogens (tertiary/aromatic N) is 1. The third kappa shape index (κ3) is 6.60. The molecule has 5 nitrogen and oxygen atoms in total. The van der Waals surface area contributed by atoms with Gasteiger partial charge in [0, 0.05) is 12.1 Å². The van der Waals surface area contributed by atoms with Gasteiger partial charge in [0.2, 0.25) is 10.0 Å². The van der Waals surface area contributed by atoms with Crippen molar-refractivity contribution in [1.29, 1.82) is 0 Å². The van der Waals surface area contributed by atoms with E-state index in [1.54, 1.807) is 24.3 Å². The normalized spacial score (nSPS) is 12.7. The van der Waals surface area contributed by atoms with E-state index in [4.69, 9.17) is 0 Å². The van der Waals surface area contributed by atoms with Crippen molar-refractivity contribution >= 4 is 21.6 Å². The molecule has 0 aliphatic rings. The van der Waals surface area contributed by atoms with Crippen molar-refractivity contribution in [2.24, 2.45) is 0 Å². The van der Waals surface area contributed by atoms with E-state index in [0.717, 1.165) is 28.3 Å². The van der Waals surface area contributed by atoms with E-state index >= 15 is 0 Å². The highest BCUT2D eigenvalue weighted by Gasteiger charge is 2.31. The lowest BCUT2D eigenvalue weighted by Crippen LogP contribution is -2.30. The zero-order chi connectivity index (χ0) is 24.9. The van der Waals surface area contributed by atoms with E-state index in [1.807, 2.05) is 37.3 Å². The largest absolute Gasteiger partial charge is 0.416 e. The third-order valence-electron chi connectivity index (χ3n) is 5.34. The van der Waals surface area contributed by atoms with Crippen LogP contribution >= 0.6 is 0 Å². The van der Waals surface area contributed by atoms with E-state index in [-0.39, 0.29) is 24.1 Å². The number of hydrogen-bond acceptors (Lipinski definition) is 3. The fourth-order valence-electron chi connectivity index (χ4n) is 3.41. The minimum absolute atomic E-state index is 0.0888. The molecule has 0 fully saturated rings. The summed E-state index contributed by atoms with van der Waals surface area (Å²) in [6, 6.07) is 20.2. The maximum absolute atomic E-state index is 13.1. The van der Waals surface area contributed by atoms with Gasteiger partial charge in [0.05, 0.1) is 24.1 Å². The van der Waals surface area contributed by atoms with Gasteiger partial charge < -0.3 is 5.32 Å². The molecule has 180 valence electrons. The van der Waals surface area contributed by atoms with Crippen molar-refractivity contribution in [3.05, 3.63) is 101 Å². The quantitative estimate of drug-likeness (QED) is 0.472. The number of sulfonamides is 1. The average Bonchev–Trinajstić information content (AvgIpc) is 2.80. The number of nitrogens with one attached hydrogen (secondary N) is 1. The van der Waals surface area contributed by atoms with E-state index in [1.165, 1.54) is 12.1 Å². The van der Waals surface area contributed by atoms with Crippen LogP contribution in [0.15, 0.2) is 78.9 Å². The van der Waals surface area contributed by atoms with Crippen LogP contribution in [0.25, 0.3) is 0 Å². The monoisotopic (exact) mass is 490 g/mol. The summed E-state index contributed by atoms with van der Waals surface area (Å²) in [7, 11) is -3.86. The predicted octanol–water partition coefficient (Wildman–Crippen LogP) is 5.21. The molecule has 1 atom stereocenters. The van der Waals surface area contributed by atoms with Crippen LogP contribution in [0.2, 0.25) is 0 Å². The van der Waals surface area contributed by atoms with E-state index in [2.05, 4.69) is 5.32 Å². The molecule has 9 heteroatoms. The number of amides is 1. The molecule has 1 N–H and O–H groups in total. The molecule has 3 rings (SSSR count). The SMILES string of the molecule is C[C@@H](CNC(=O)c1ccc(CN(c2cccc(C(F)(F)F)c2)S(C)(=O)=O)cc1)c1ccccc1. The Kier molecular flexibility index (Phi) is 7.66. The van der Waals surface area contributed by atoms with Crippen LogP contribution in [0.5, 0.6) is 0 Å². The highest BCUT2D eigenvalue weighted by atomic mass is 32.2. The number of rotatable bonds is 8. The molecule has 0 unspecified atom stereocenters. The van der Waals surface area contributed by atoms with Crippen LogP contribution < -0.4 is 9.62 Å². The second-order valence-electron chi connectivity index (χ2n) is 8.04. The summed E-state index contributed by atoms with van der Waals surface area (Å²) in [5.41, 5.74) is 1.00. The molecule has 0 saturated carbocycles. The molecule has 0 aromatic heterocycles. The van der Waals surface area contributed by atoms with Crippen LogP contribution in [0, 0.1) is 0 Å². The first-order valence-electron chi connectivity index (χ1n) is 10.5. The van der Waals surface area contributed by atoms with Crippen molar-refractivity contribution in [2.75, 3.05) is 17.1 Å². The lowest BCUT2D eigenvalue weighted by molar-refractivity contribution is -0.137. The number of benzene rings is 3. The lowest BCUT2D eigenvalue weighted by atomic mass is 10.0. The van der Waals surface area contributed by atoms with Crippen molar-refractivity contribution in [2.45, 2.75) is 25.6 Å². The van der Waals surface area contributed by atoms with E-state index in [9.17, 15) is 26.4 Å². The topological polar surface area (TPSA) is 66.5 Å². The molecule has 1 amide bonds. The lowest BCUT2D eigenvalue weighted by Gasteiger charge is -2.23. The third-order valence-corrected chi connectivity index (χ3v) is 6.48. The summed E-state index contributed by atoms with van der Waals surface area (Å²) in [5, 5.41) is 2.88. The smallest absolute Gasteiger partial charge is 0.351 e. The van der Waals surface area contributed by atoms with Crippen LogP contribution in [0.1, 0.15) is 39.9 Å². The molecule has 0 radical (unpaired) electrons. The first kappa shape index (κ1) is 25.3. The molecular weight excluding hydrogens is 465 g/mol. The molecule has 0 spiro atoms. The second kappa shape index (κ2) is 10.3. The first-order valence-corrected chi connectivity index (χ1v) is 12.4. The van der Waals surface area contributed by atoms with Crippen molar-refractivity contribution in [3.63, 3.8) is 0 Å². The molecular formula is C25H25F3N2O3S. The molecule has 34 heavy (non-hydrogen) atoms. The van der Waals surface area contributed by atoms with E-state index < -0.39 is 21.8 Å². The van der Waals surface area contributed by atoms with Crippen molar-refractivity contribution in [3.8, 4) is 0 Å². The highest BCUT2D eigenvalue weighted by molar-refractivity contribution is 7.92. The minimum Gasteiger partial charge on any atom is -0.351 e. The Morgan fingerprint density at radius 3 is 2.21 bits per heavy atom. The molecule has 3 aromatic carbocycles. The predicted molar refractivity (Wildman–Crippen MR) is 126 cm³/mol. The number of carbonyl (C=O) groups excluding carboxylic acids is 1. The van der Waals surface area contributed by atoms with Gasteiger partial charge >= 0.3 is 6.18 Å². The zero-order valence-corrected chi connectivity index (χ0v) is 19.5. The number of hydrogen-bond donors (Lipinski definition) is 1. The van der Waals surface area contributed by atoms with Crippen LogP contribution in [0.4, 0.5) is 18.9 Å². The molecule has 0 aliphatic carbocycles. The summed E-state index contributed by atoms with van der Waals surface area (Å²) in [4.78, 5) is 12.5. The van der Waals surface area contributed by atoms with Crippen LogP contribution in [0.3, 0.4) is 0 Å². The Morgan fingerprint density at radius 1 is 0.971 bits per heavy atom. The van der Waals surface area contributed by atoms with Gasteiger partial charge in [-0.05, 0) is 47.4 Å². The second-order valence-corrected chi connectivity index (χ2v) is 9.94. The average molecular weight is 491 g/mol. The molecule has 0 heterocycles. The van der Waals surface area contributed by atoms with Gasteiger partial charge in [0.15, 0.2) is 0 Å². The van der Waals surface area contributed by atoms with Gasteiger partial charge in [-0.3, -0.25) is 9.10 Å². The Labute approximate surface area is 197 Å². The van der Waals surface area contributed by atoms with Gasteiger partial charge in [0.1, 0.15) is 0 Å². The first-order chi connectivity index (χ1) is 15.9. The summed E-state index contributed by atoms with van der Waals surface area (Å²) in [6.07, 6.45) is -3.66. The maximum Gasteiger partial charge on any atom is 0.416 e. The fourth-order valence-corrected chi connectivity index (χ4v) is 4.29. The van der Waals surface area contributed by atoms with Crippen molar-refractivity contribution < 1.29 is 26.4 Å². The summed E-state index contributed by atoms with van der Waals surface area (Å²) in [5.74, 6) is -0.146. The van der Waals surface area contributed by atoms with Gasteiger partial charge in [0.25, 0.3) is 5.91 Å². The minimum atomic E-state index is -4.59. The molecule has 0 aliphatic heterocycles. The number of alkyl halides is 3. The number of carbonyl (C=O) groups is 1. The number of anilines is 1.